The highest BCUT2D eigenvalue weighted by molar-refractivity contribution is 5.93. The Bertz CT molecular complexity index is 769. The van der Waals surface area contributed by atoms with Gasteiger partial charge in [-0.05, 0) is 29.8 Å². The van der Waals surface area contributed by atoms with E-state index in [0.29, 0.717) is 24.1 Å². The van der Waals surface area contributed by atoms with Gasteiger partial charge in [0.05, 0.1) is 11.4 Å². The first-order valence-electron chi connectivity index (χ1n) is 7.88. The zero-order chi connectivity index (χ0) is 18.8. The predicted octanol–water partition coefficient (Wildman–Crippen LogP) is 3.75. The molecule has 138 valence electrons. The largest absolute Gasteiger partial charge is 0.573 e. The standard InChI is InChI=1S/C18H17F3N2O3/c1-25-23-13-10-17(11-13,16(24)15-4-2-3-9-22-15)12-5-7-14(8-6-12)26-18(19,20)21/h2-9,16,24H,10-11H2,1H3. The summed E-state index contributed by atoms with van der Waals surface area (Å²) in [6.45, 7) is 0. The van der Waals surface area contributed by atoms with Gasteiger partial charge in [-0.25, -0.2) is 0 Å². The third-order valence-corrected chi connectivity index (χ3v) is 4.41. The number of rotatable bonds is 5. The molecule has 8 heteroatoms. The van der Waals surface area contributed by atoms with Crippen LogP contribution >= 0.6 is 0 Å². The van der Waals surface area contributed by atoms with Crippen molar-refractivity contribution in [2.24, 2.45) is 5.16 Å². The molecule has 1 saturated carbocycles. The third-order valence-electron chi connectivity index (χ3n) is 4.41. The summed E-state index contributed by atoms with van der Waals surface area (Å²) in [5.41, 5.74) is 1.19. The zero-order valence-electron chi connectivity index (χ0n) is 13.9. The van der Waals surface area contributed by atoms with Crippen molar-refractivity contribution < 1.29 is 27.9 Å². The van der Waals surface area contributed by atoms with Gasteiger partial charge in [0.25, 0.3) is 0 Å². The van der Waals surface area contributed by atoms with E-state index >= 15 is 0 Å². The first-order chi connectivity index (χ1) is 12.3. The number of halogens is 3. The average Bonchev–Trinajstić information content (AvgIpc) is 2.57. The van der Waals surface area contributed by atoms with Crippen molar-refractivity contribution in [2.75, 3.05) is 7.11 Å². The van der Waals surface area contributed by atoms with Crippen LogP contribution in [-0.2, 0) is 10.3 Å². The van der Waals surface area contributed by atoms with E-state index in [1.807, 2.05) is 0 Å². The van der Waals surface area contributed by atoms with E-state index in [-0.39, 0.29) is 5.75 Å². The van der Waals surface area contributed by atoms with Crippen LogP contribution in [0.25, 0.3) is 0 Å². The number of pyridine rings is 1. The quantitative estimate of drug-likeness (QED) is 0.819. The minimum absolute atomic E-state index is 0.311. The van der Waals surface area contributed by atoms with Gasteiger partial charge in [0.15, 0.2) is 0 Å². The van der Waals surface area contributed by atoms with E-state index in [4.69, 9.17) is 4.84 Å². The second-order valence-corrected chi connectivity index (χ2v) is 6.08. The molecule has 26 heavy (non-hydrogen) atoms. The first-order valence-corrected chi connectivity index (χ1v) is 7.88. The highest BCUT2D eigenvalue weighted by atomic mass is 19.4. The molecule has 1 aliphatic rings. The number of aromatic nitrogens is 1. The summed E-state index contributed by atoms with van der Waals surface area (Å²) in [4.78, 5) is 8.97. The Hall–Kier alpha value is -2.61. The maximum absolute atomic E-state index is 12.3. The van der Waals surface area contributed by atoms with Crippen molar-refractivity contribution in [1.82, 2.24) is 4.98 Å². The van der Waals surface area contributed by atoms with Crippen LogP contribution in [0.2, 0.25) is 0 Å². The lowest BCUT2D eigenvalue weighted by Crippen LogP contribution is -2.47. The Morgan fingerprint density at radius 2 is 1.85 bits per heavy atom. The zero-order valence-corrected chi connectivity index (χ0v) is 13.9. The van der Waals surface area contributed by atoms with Gasteiger partial charge in [-0.3, -0.25) is 4.98 Å². The smallest absolute Gasteiger partial charge is 0.406 e. The lowest BCUT2D eigenvalue weighted by Gasteiger charge is -2.46. The van der Waals surface area contributed by atoms with Crippen LogP contribution in [-0.4, -0.2) is 29.3 Å². The number of oxime groups is 1. The van der Waals surface area contributed by atoms with Gasteiger partial charge >= 0.3 is 6.36 Å². The summed E-state index contributed by atoms with van der Waals surface area (Å²) in [6, 6.07) is 10.7. The van der Waals surface area contributed by atoms with Crippen LogP contribution < -0.4 is 4.74 Å². The molecule has 2 aromatic rings. The van der Waals surface area contributed by atoms with Crippen LogP contribution in [0.1, 0.15) is 30.2 Å². The molecule has 1 fully saturated rings. The van der Waals surface area contributed by atoms with Gasteiger partial charge in [-0.15, -0.1) is 13.2 Å². The molecule has 0 amide bonds. The van der Waals surface area contributed by atoms with Crippen molar-refractivity contribution in [2.45, 2.75) is 30.7 Å². The van der Waals surface area contributed by atoms with Crippen LogP contribution in [0.5, 0.6) is 5.75 Å². The van der Waals surface area contributed by atoms with E-state index < -0.39 is 17.9 Å². The molecule has 5 nitrogen and oxygen atoms in total. The van der Waals surface area contributed by atoms with E-state index in [9.17, 15) is 18.3 Å². The normalized spacial score (nSPS) is 20.9. The molecule has 1 heterocycles. The minimum atomic E-state index is -4.75. The summed E-state index contributed by atoms with van der Waals surface area (Å²) in [5, 5.41) is 14.8. The number of hydrogen-bond donors (Lipinski definition) is 1. The molecule has 1 N–H and O–H groups in total. The Morgan fingerprint density at radius 1 is 1.15 bits per heavy atom. The number of hydrogen-bond acceptors (Lipinski definition) is 5. The molecule has 1 aliphatic carbocycles. The fourth-order valence-corrected chi connectivity index (χ4v) is 3.23. The molecule has 1 aromatic heterocycles. The Labute approximate surface area is 148 Å². The molecule has 0 bridgehead atoms. The molecule has 0 radical (unpaired) electrons. The SMILES string of the molecule is CON=C1CC(c2ccc(OC(F)(F)F)cc2)(C(O)c2ccccn2)C1. The predicted molar refractivity (Wildman–Crippen MR) is 87.7 cm³/mol. The summed E-state index contributed by atoms with van der Waals surface area (Å²) in [5.74, 6) is -0.311. The third kappa shape index (κ3) is 3.65. The molecule has 3 rings (SSSR count). The molecule has 1 aromatic carbocycles. The van der Waals surface area contributed by atoms with Crippen LogP contribution in [0.3, 0.4) is 0 Å². The average molecular weight is 366 g/mol. The van der Waals surface area contributed by atoms with E-state index in [0.717, 1.165) is 5.71 Å². The topological polar surface area (TPSA) is 63.9 Å². The van der Waals surface area contributed by atoms with Crippen molar-refractivity contribution in [1.29, 1.82) is 0 Å². The number of aliphatic hydroxyl groups excluding tert-OH is 1. The highest BCUT2D eigenvalue weighted by Crippen LogP contribution is 2.50. The van der Waals surface area contributed by atoms with Crippen LogP contribution in [0.15, 0.2) is 53.8 Å². The van der Waals surface area contributed by atoms with Crippen molar-refractivity contribution in [3.8, 4) is 5.75 Å². The fraction of sp³-hybridized carbons (Fsp3) is 0.333. The molecule has 0 aliphatic heterocycles. The lowest BCUT2D eigenvalue weighted by atomic mass is 9.59. The molecule has 0 saturated heterocycles. The molecule has 1 unspecified atom stereocenters. The molecule has 1 atom stereocenters. The van der Waals surface area contributed by atoms with Crippen molar-refractivity contribution in [3.05, 3.63) is 59.9 Å². The number of alkyl halides is 3. The minimum Gasteiger partial charge on any atom is -0.406 e. The van der Waals surface area contributed by atoms with Gasteiger partial charge in [-0.2, -0.15) is 0 Å². The van der Waals surface area contributed by atoms with Gasteiger partial charge < -0.3 is 14.7 Å². The van der Waals surface area contributed by atoms with E-state index in [1.165, 1.54) is 31.4 Å². The summed E-state index contributed by atoms with van der Waals surface area (Å²) in [6.07, 6.45) is -3.28. The molecular formula is C18H17F3N2O3. The van der Waals surface area contributed by atoms with E-state index in [1.54, 1.807) is 24.4 Å². The molecule has 0 spiro atoms. The molecular weight excluding hydrogens is 349 g/mol. The second kappa shape index (κ2) is 6.95. The maximum atomic E-state index is 12.3. The van der Waals surface area contributed by atoms with E-state index in [2.05, 4.69) is 14.9 Å². The Morgan fingerprint density at radius 3 is 2.38 bits per heavy atom. The summed E-state index contributed by atoms with van der Waals surface area (Å²) < 4.78 is 40.9. The Kier molecular flexibility index (Phi) is 4.86. The maximum Gasteiger partial charge on any atom is 0.573 e. The van der Waals surface area contributed by atoms with Crippen LogP contribution in [0.4, 0.5) is 13.2 Å². The number of ether oxygens (including phenoxy) is 1. The first kappa shape index (κ1) is 18.2. The monoisotopic (exact) mass is 366 g/mol. The number of nitrogens with zero attached hydrogens (tertiary/aromatic N) is 2. The number of benzene rings is 1. The Balaban J connectivity index is 1.91. The van der Waals surface area contributed by atoms with Crippen molar-refractivity contribution >= 4 is 5.71 Å². The number of aliphatic hydroxyl groups is 1. The van der Waals surface area contributed by atoms with Crippen molar-refractivity contribution in [3.63, 3.8) is 0 Å². The van der Waals surface area contributed by atoms with Gasteiger partial charge in [0, 0.05) is 24.5 Å². The van der Waals surface area contributed by atoms with Gasteiger partial charge in [0.2, 0.25) is 0 Å². The lowest BCUT2D eigenvalue weighted by molar-refractivity contribution is -0.274. The summed E-state index contributed by atoms with van der Waals surface area (Å²) >= 11 is 0. The second-order valence-electron chi connectivity index (χ2n) is 6.08. The fourth-order valence-electron chi connectivity index (χ4n) is 3.23. The highest BCUT2D eigenvalue weighted by Gasteiger charge is 2.50. The van der Waals surface area contributed by atoms with Crippen LogP contribution in [0, 0.1) is 0 Å². The summed E-state index contributed by atoms with van der Waals surface area (Å²) in [7, 11) is 1.44. The van der Waals surface area contributed by atoms with Gasteiger partial charge in [0.1, 0.15) is 19.0 Å². The van der Waals surface area contributed by atoms with Gasteiger partial charge in [-0.1, -0.05) is 23.4 Å².